The smallest absolute Gasteiger partial charge is 0.120 e. The van der Waals surface area contributed by atoms with Gasteiger partial charge in [-0.2, -0.15) is 0 Å². The SMILES string of the molecule is Cc1ccoc1CNC1CNC1. The third-order valence-corrected chi connectivity index (χ3v) is 2.30. The Morgan fingerprint density at radius 2 is 2.50 bits per heavy atom. The van der Waals surface area contributed by atoms with E-state index in [1.807, 2.05) is 6.07 Å². The van der Waals surface area contributed by atoms with E-state index in [-0.39, 0.29) is 0 Å². The van der Waals surface area contributed by atoms with Crippen LogP contribution in [0, 0.1) is 6.92 Å². The highest BCUT2D eigenvalue weighted by Crippen LogP contribution is 2.08. The minimum Gasteiger partial charge on any atom is -0.468 e. The molecule has 0 radical (unpaired) electrons. The molecule has 1 aliphatic heterocycles. The number of aryl methyl sites for hydroxylation is 1. The first-order chi connectivity index (χ1) is 5.86. The second kappa shape index (κ2) is 3.29. The molecule has 1 aliphatic rings. The molecule has 0 amide bonds. The van der Waals surface area contributed by atoms with Gasteiger partial charge in [-0.1, -0.05) is 0 Å². The van der Waals surface area contributed by atoms with Crippen molar-refractivity contribution in [2.45, 2.75) is 19.5 Å². The average Bonchev–Trinajstić information content (AvgIpc) is 2.33. The molecule has 0 aliphatic carbocycles. The summed E-state index contributed by atoms with van der Waals surface area (Å²) in [5.74, 6) is 1.06. The largest absolute Gasteiger partial charge is 0.468 e. The highest BCUT2D eigenvalue weighted by molar-refractivity contribution is 5.14. The van der Waals surface area contributed by atoms with Gasteiger partial charge in [0.25, 0.3) is 0 Å². The molecule has 0 bridgehead atoms. The quantitative estimate of drug-likeness (QED) is 0.692. The second-order valence-corrected chi connectivity index (χ2v) is 3.26. The van der Waals surface area contributed by atoms with Crippen LogP contribution in [0.1, 0.15) is 11.3 Å². The normalized spacial score (nSPS) is 17.8. The molecular weight excluding hydrogens is 152 g/mol. The van der Waals surface area contributed by atoms with Crippen molar-refractivity contribution in [2.75, 3.05) is 13.1 Å². The molecule has 12 heavy (non-hydrogen) atoms. The number of hydrogen-bond donors (Lipinski definition) is 2. The van der Waals surface area contributed by atoms with Crippen molar-refractivity contribution < 1.29 is 4.42 Å². The van der Waals surface area contributed by atoms with Crippen molar-refractivity contribution in [3.63, 3.8) is 0 Å². The standard InChI is InChI=1S/C9H14N2O/c1-7-2-3-12-9(7)6-11-8-4-10-5-8/h2-3,8,10-11H,4-6H2,1H3. The van der Waals surface area contributed by atoms with Gasteiger partial charge in [0.2, 0.25) is 0 Å². The maximum absolute atomic E-state index is 5.30. The van der Waals surface area contributed by atoms with E-state index in [0.717, 1.165) is 25.4 Å². The van der Waals surface area contributed by atoms with Crippen LogP contribution >= 0.6 is 0 Å². The summed E-state index contributed by atoms with van der Waals surface area (Å²) in [6.45, 7) is 5.09. The summed E-state index contributed by atoms with van der Waals surface area (Å²) in [5.41, 5.74) is 1.23. The average molecular weight is 166 g/mol. The van der Waals surface area contributed by atoms with Gasteiger partial charge >= 0.3 is 0 Å². The van der Waals surface area contributed by atoms with E-state index in [2.05, 4.69) is 17.6 Å². The van der Waals surface area contributed by atoms with Gasteiger partial charge in [-0.15, -0.1) is 0 Å². The first-order valence-corrected chi connectivity index (χ1v) is 4.33. The Hall–Kier alpha value is -0.800. The highest BCUT2D eigenvalue weighted by atomic mass is 16.3. The van der Waals surface area contributed by atoms with E-state index in [1.165, 1.54) is 5.56 Å². The Kier molecular flexibility index (Phi) is 2.15. The molecule has 1 aromatic heterocycles. The van der Waals surface area contributed by atoms with Crippen molar-refractivity contribution >= 4 is 0 Å². The van der Waals surface area contributed by atoms with E-state index in [0.29, 0.717) is 6.04 Å². The summed E-state index contributed by atoms with van der Waals surface area (Å²) >= 11 is 0. The molecule has 1 aromatic rings. The first-order valence-electron chi connectivity index (χ1n) is 4.33. The lowest BCUT2D eigenvalue weighted by molar-refractivity contribution is 0.348. The van der Waals surface area contributed by atoms with Gasteiger partial charge < -0.3 is 15.1 Å². The fourth-order valence-corrected chi connectivity index (χ4v) is 1.26. The van der Waals surface area contributed by atoms with E-state index < -0.39 is 0 Å². The summed E-state index contributed by atoms with van der Waals surface area (Å²) in [4.78, 5) is 0. The van der Waals surface area contributed by atoms with Crippen molar-refractivity contribution in [1.82, 2.24) is 10.6 Å². The van der Waals surface area contributed by atoms with Gasteiger partial charge in [0.15, 0.2) is 0 Å². The van der Waals surface area contributed by atoms with Gasteiger partial charge in [0.05, 0.1) is 12.8 Å². The fraction of sp³-hybridized carbons (Fsp3) is 0.556. The highest BCUT2D eigenvalue weighted by Gasteiger charge is 2.15. The minimum atomic E-state index is 0.634. The summed E-state index contributed by atoms with van der Waals surface area (Å²) < 4.78 is 5.30. The first kappa shape index (κ1) is 7.83. The van der Waals surface area contributed by atoms with Crippen LogP contribution in [-0.4, -0.2) is 19.1 Å². The summed E-state index contributed by atoms with van der Waals surface area (Å²) in [6.07, 6.45) is 1.74. The monoisotopic (exact) mass is 166 g/mol. The molecule has 0 unspecified atom stereocenters. The van der Waals surface area contributed by atoms with Crippen LogP contribution in [0.15, 0.2) is 16.7 Å². The molecule has 3 heteroatoms. The summed E-state index contributed by atoms with van der Waals surface area (Å²) in [6, 6.07) is 2.63. The summed E-state index contributed by atoms with van der Waals surface area (Å²) in [7, 11) is 0. The van der Waals surface area contributed by atoms with Crippen LogP contribution in [0.2, 0.25) is 0 Å². The third kappa shape index (κ3) is 1.52. The molecule has 1 fully saturated rings. The maximum atomic E-state index is 5.30. The van der Waals surface area contributed by atoms with E-state index in [4.69, 9.17) is 4.42 Å². The zero-order valence-corrected chi connectivity index (χ0v) is 7.26. The lowest BCUT2D eigenvalue weighted by Gasteiger charge is -2.27. The van der Waals surface area contributed by atoms with Crippen molar-refractivity contribution in [1.29, 1.82) is 0 Å². The number of rotatable bonds is 3. The van der Waals surface area contributed by atoms with Crippen LogP contribution in [0.25, 0.3) is 0 Å². The Morgan fingerprint density at radius 1 is 1.67 bits per heavy atom. The predicted molar refractivity (Wildman–Crippen MR) is 46.9 cm³/mol. The van der Waals surface area contributed by atoms with Gasteiger partial charge in [0.1, 0.15) is 5.76 Å². The van der Waals surface area contributed by atoms with Gasteiger partial charge in [-0.25, -0.2) is 0 Å². The molecule has 2 heterocycles. The molecule has 0 atom stereocenters. The molecule has 0 aromatic carbocycles. The van der Waals surface area contributed by atoms with E-state index >= 15 is 0 Å². The topological polar surface area (TPSA) is 37.2 Å². The molecule has 66 valence electrons. The molecule has 2 N–H and O–H groups in total. The van der Waals surface area contributed by atoms with Gasteiger partial charge in [-0.05, 0) is 18.6 Å². The second-order valence-electron chi connectivity index (χ2n) is 3.26. The molecular formula is C9H14N2O. The van der Waals surface area contributed by atoms with Crippen LogP contribution < -0.4 is 10.6 Å². The Morgan fingerprint density at radius 3 is 3.00 bits per heavy atom. The summed E-state index contributed by atoms with van der Waals surface area (Å²) in [5, 5.41) is 6.62. The fourth-order valence-electron chi connectivity index (χ4n) is 1.26. The van der Waals surface area contributed by atoms with Crippen molar-refractivity contribution in [2.24, 2.45) is 0 Å². The Labute approximate surface area is 72.1 Å². The Bertz CT molecular complexity index is 253. The molecule has 2 rings (SSSR count). The Balaban J connectivity index is 1.82. The third-order valence-electron chi connectivity index (χ3n) is 2.30. The zero-order chi connectivity index (χ0) is 8.39. The maximum Gasteiger partial charge on any atom is 0.120 e. The number of furan rings is 1. The van der Waals surface area contributed by atoms with Crippen LogP contribution in [0.4, 0.5) is 0 Å². The van der Waals surface area contributed by atoms with Crippen LogP contribution in [-0.2, 0) is 6.54 Å². The van der Waals surface area contributed by atoms with E-state index in [9.17, 15) is 0 Å². The zero-order valence-electron chi connectivity index (χ0n) is 7.26. The van der Waals surface area contributed by atoms with Crippen LogP contribution in [0.5, 0.6) is 0 Å². The lowest BCUT2D eigenvalue weighted by Crippen LogP contribution is -2.54. The van der Waals surface area contributed by atoms with Gasteiger partial charge in [-0.3, -0.25) is 0 Å². The molecule has 0 saturated carbocycles. The van der Waals surface area contributed by atoms with Gasteiger partial charge in [0, 0.05) is 19.1 Å². The number of nitrogens with one attached hydrogen (secondary N) is 2. The number of hydrogen-bond acceptors (Lipinski definition) is 3. The van der Waals surface area contributed by atoms with Crippen LogP contribution in [0.3, 0.4) is 0 Å². The minimum absolute atomic E-state index is 0.634. The van der Waals surface area contributed by atoms with Crippen molar-refractivity contribution in [3.8, 4) is 0 Å². The van der Waals surface area contributed by atoms with E-state index in [1.54, 1.807) is 6.26 Å². The molecule has 3 nitrogen and oxygen atoms in total. The predicted octanol–water partition coefficient (Wildman–Crippen LogP) is 0.649. The molecule has 0 spiro atoms. The lowest BCUT2D eigenvalue weighted by atomic mass is 10.2. The van der Waals surface area contributed by atoms with Crippen molar-refractivity contribution in [3.05, 3.63) is 23.7 Å². The molecule has 1 saturated heterocycles.